The largest absolute Gasteiger partial charge is 0.394 e. The molecule has 0 aromatic carbocycles. The molecule has 0 fully saturated rings. The van der Waals surface area contributed by atoms with Gasteiger partial charge in [-0.15, -0.1) is 0 Å². The number of carbonyl (C=O) groups is 2. The number of ketones is 2. The lowest BCUT2D eigenvalue weighted by Crippen LogP contribution is -2.56. The zero-order valence-electron chi connectivity index (χ0n) is 15.2. The Labute approximate surface area is 149 Å². The van der Waals surface area contributed by atoms with Crippen LogP contribution in [0.1, 0.15) is 71.1 Å². The first-order valence-corrected chi connectivity index (χ1v) is 9.12. The minimum atomic E-state index is -2.25. The van der Waals surface area contributed by atoms with E-state index in [9.17, 15) is 24.9 Å². The Hall–Kier alpha value is -0.860. The van der Waals surface area contributed by atoms with Crippen molar-refractivity contribution in [2.75, 3.05) is 13.2 Å². The molecule has 0 heterocycles. The molecule has 0 aliphatic carbocycles. The van der Waals surface area contributed by atoms with Crippen LogP contribution < -0.4 is 0 Å². The molecule has 5 N–H and O–H groups in total. The van der Waals surface area contributed by atoms with Gasteiger partial charge in [-0.25, -0.2) is 0 Å². The van der Waals surface area contributed by atoms with Crippen LogP contribution in [0.4, 0.5) is 0 Å². The van der Waals surface area contributed by atoms with Crippen molar-refractivity contribution in [1.29, 1.82) is 0 Å². The summed E-state index contributed by atoms with van der Waals surface area (Å²) >= 11 is 0. The van der Waals surface area contributed by atoms with Gasteiger partial charge in [0.15, 0.2) is 11.4 Å². The number of hydrogen-bond donors (Lipinski definition) is 5. The van der Waals surface area contributed by atoms with E-state index in [-0.39, 0.29) is 12.2 Å². The molecule has 0 unspecified atom stereocenters. The van der Waals surface area contributed by atoms with E-state index >= 15 is 0 Å². The summed E-state index contributed by atoms with van der Waals surface area (Å²) in [5, 5.41) is 47.5. The van der Waals surface area contributed by atoms with E-state index in [4.69, 9.17) is 10.2 Å². The van der Waals surface area contributed by atoms with Gasteiger partial charge < -0.3 is 30.3 Å². The van der Waals surface area contributed by atoms with Gasteiger partial charge >= 0.3 is 0 Å². The van der Waals surface area contributed by atoms with Crippen molar-refractivity contribution in [3.05, 3.63) is 0 Å². The van der Waals surface area contributed by atoms with Crippen molar-refractivity contribution in [3.8, 4) is 0 Å². The monoisotopic (exact) mass is 362 g/mol. The van der Waals surface area contributed by atoms with Gasteiger partial charge in [-0.1, -0.05) is 44.9 Å². The maximum absolute atomic E-state index is 11.7. The number of carbonyl (C=O) groups excluding carboxylic acids is 2. The Balaban J connectivity index is 4.04. The van der Waals surface area contributed by atoms with Crippen molar-refractivity contribution < 1.29 is 35.1 Å². The molecule has 0 bridgehead atoms. The van der Waals surface area contributed by atoms with Crippen LogP contribution in [0.2, 0.25) is 0 Å². The maximum Gasteiger partial charge on any atom is 0.192 e. The highest BCUT2D eigenvalue weighted by Gasteiger charge is 2.45. The number of unbranched alkanes of at least 4 members (excludes halogenated alkanes) is 7. The Kier molecular flexibility index (Phi) is 12.9. The van der Waals surface area contributed by atoms with Gasteiger partial charge in [-0.05, 0) is 19.8 Å². The maximum atomic E-state index is 11.7. The van der Waals surface area contributed by atoms with Crippen molar-refractivity contribution in [2.45, 2.75) is 88.9 Å². The first kappa shape index (κ1) is 24.1. The van der Waals surface area contributed by atoms with Crippen LogP contribution in [0, 0.1) is 0 Å². The van der Waals surface area contributed by atoms with Crippen LogP contribution in [0.25, 0.3) is 0 Å². The molecule has 0 rings (SSSR count). The van der Waals surface area contributed by atoms with Crippen LogP contribution in [0.5, 0.6) is 0 Å². The molecular weight excluding hydrogens is 328 g/mol. The van der Waals surface area contributed by atoms with Gasteiger partial charge in [0.05, 0.1) is 6.61 Å². The lowest BCUT2D eigenvalue weighted by Gasteiger charge is -2.33. The van der Waals surface area contributed by atoms with Crippen LogP contribution in [-0.2, 0) is 9.59 Å². The fourth-order valence-electron chi connectivity index (χ4n) is 2.84. The van der Waals surface area contributed by atoms with Crippen LogP contribution >= 0.6 is 0 Å². The summed E-state index contributed by atoms with van der Waals surface area (Å²) in [4.78, 5) is 22.5. The molecule has 0 saturated heterocycles. The smallest absolute Gasteiger partial charge is 0.192 e. The first-order chi connectivity index (χ1) is 11.8. The highest BCUT2D eigenvalue weighted by atomic mass is 16.4. The van der Waals surface area contributed by atoms with Crippen LogP contribution in [0.15, 0.2) is 0 Å². The van der Waals surface area contributed by atoms with Gasteiger partial charge in [0.2, 0.25) is 0 Å². The molecule has 0 aliphatic rings. The first-order valence-electron chi connectivity index (χ1n) is 9.12. The second kappa shape index (κ2) is 13.4. The molecule has 25 heavy (non-hydrogen) atoms. The van der Waals surface area contributed by atoms with E-state index in [1.807, 2.05) is 0 Å². The number of aliphatic hydroxyl groups excluding tert-OH is 4. The number of Topliss-reactive ketones (excluding diaryl/α,β-unsaturated/α-hetero) is 2. The Morgan fingerprint density at radius 2 is 1.36 bits per heavy atom. The molecule has 148 valence electrons. The van der Waals surface area contributed by atoms with E-state index in [1.165, 1.54) is 0 Å². The van der Waals surface area contributed by atoms with E-state index < -0.39 is 36.8 Å². The quantitative estimate of drug-likeness (QED) is 0.252. The average molecular weight is 362 g/mol. The van der Waals surface area contributed by atoms with Gasteiger partial charge in [-0.3, -0.25) is 4.79 Å². The molecule has 0 aromatic heterocycles. The Bertz CT molecular complexity index is 386. The summed E-state index contributed by atoms with van der Waals surface area (Å²) in [5.41, 5.74) is -2.25. The summed E-state index contributed by atoms with van der Waals surface area (Å²) in [5.74, 6) is -0.739. The highest BCUT2D eigenvalue weighted by molar-refractivity contribution is 5.88. The SMILES string of the molecule is CC(=O)CCCCCCCCCC[C@@](O)(C(=O)CO)[C@H](O)[C@H](O)CO. The average Bonchev–Trinajstić information content (AvgIpc) is 2.60. The molecule has 0 aliphatic heterocycles. The predicted molar refractivity (Wildman–Crippen MR) is 93.0 cm³/mol. The third-order valence-corrected chi connectivity index (χ3v) is 4.50. The summed E-state index contributed by atoms with van der Waals surface area (Å²) < 4.78 is 0. The van der Waals surface area contributed by atoms with Crippen molar-refractivity contribution >= 4 is 11.6 Å². The van der Waals surface area contributed by atoms with E-state index in [0.29, 0.717) is 12.8 Å². The molecule has 7 heteroatoms. The second-order valence-corrected chi connectivity index (χ2v) is 6.73. The third kappa shape index (κ3) is 9.42. The number of aliphatic hydroxyl groups is 5. The zero-order valence-corrected chi connectivity index (χ0v) is 15.2. The molecule has 0 spiro atoms. The minimum absolute atomic E-state index is 0.0801. The fourth-order valence-corrected chi connectivity index (χ4v) is 2.84. The summed E-state index contributed by atoms with van der Waals surface area (Å²) in [6, 6.07) is 0. The standard InChI is InChI=1S/C18H34O7/c1-14(21)10-8-6-4-2-3-5-7-9-11-18(25,16(23)13-20)17(24)15(22)12-19/h15,17,19-20,22,24-25H,2-13H2,1H3/t15-,17-,18-/m1/s1. The van der Waals surface area contributed by atoms with Crippen molar-refractivity contribution in [3.63, 3.8) is 0 Å². The molecule has 0 saturated carbocycles. The normalized spacial score (nSPS) is 16.2. The predicted octanol–water partition coefficient (Wildman–Crippen LogP) is 0.483. The van der Waals surface area contributed by atoms with Gasteiger partial charge in [-0.2, -0.15) is 0 Å². The van der Waals surface area contributed by atoms with E-state index in [2.05, 4.69) is 0 Å². The zero-order chi connectivity index (χ0) is 19.3. The van der Waals surface area contributed by atoms with E-state index in [1.54, 1.807) is 6.92 Å². The fraction of sp³-hybridized carbons (Fsp3) is 0.889. The van der Waals surface area contributed by atoms with Crippen LogP contribution in [-0.4, -0.2) is 68.1 Å². The van der Waals surface area contributed by atoms with Crippen LogP contribution in [0.3, 0.4) is 0 Å². The highest BCUT2D eigenvalue weighted by Crippen LogP contribution is 2.24. The molecule has 0 radical (unpaired) electrons. The summed E-state index contributed by atoms with van der Waals surface area (Å²) in [7, 11) is 0. The van der Waals surface area contributed by atoms with Gasteiger partial charge in [0.25, 0.3) is 0 Å². The van der Waals surface area contributed by atoms with Crippen molar-refractivity contribution in [1.82, 2.24) is 0 Å². The molecule has 0 aromatic rings. The molecular formula is C18H34O7. The Morgan fingerprint density at radius 1 is 0.880 bits per heavy atom. The Morgan fingerprint density at radius 3 is 1.80 bits per heavy atom. The summed E-state index contributed by atoms with van der Waals surface area (Å²) in [6.07, 6.45) is 4.30. The molecule has 0 amide bonds. The number of hydrogen-bond acceptors (Lipinski definition) is 7. The third-order valence-electron chi connectivity index (χ3n) is 4.50. The lowest BCUT2D eigenvalue weighted by molar-refractivity contribution is -0.169. The second-order valence-electron chi connectivity index (χ2n) is 6.73. The van der Waals surface area contributed by atoms with E-state index in [0.717, 1.165) is 44.9 Å². The lowest BCUT2D eigenvalue weighted by atomic mass is 9.83. The summed E-state index contributed by atoms with van der Waals surface area (Å²) in [6.45, 7) is -0.128. The minimum Gasteiger partial charge on any atom is -0.394 e. The van der Waals surface area contributed by atoms with Gasteiger partial charge in [0.1, 0.15) is 24.6 Å². The molecule has 3 atom stereocenters. The number of rotatable bonds is 16. The van der Waals surface area contributed by atoms with Crippen molar-refractivity contribution in [2.24, 2.45) is 0 Å². The molecule has 7 nitrogen and oxygen atoms in total. The topological polar surface area (TPSA) is 135 Å². The van der Waals surface area contributed by atoms with Gasteiger partial charge in [0, 0.05) is 6.42 Å².